The summed E-state index contributed by atoms with van der Waals surface area (Å²) in [5, 5.41) is 12.9. The minimum absolute atomic E-state index is 0.121. The summed E-state index contributed by atoms with van der Waals surface area (Å²) in [4.78, 5) is 11.2. The number of allylic oxidation sites excluding steroid dienone is 1. The smallest absolute Gasteiger partial charge is 0.243 e. The Balaban J connectivity index is 2.34. The zero-order valence-corrected chi connectivity index (χ0v) is 9.62. The highest BCUT2D eigenvalue weighted by Crippen LogP contribution is 2.31. The van der Waals surface area contributed by atoms with Crippen LogP contribution >= 0.6 is 0 Å². The van der Waals surface area contributed by atoms with E-state index in [1.54, 1.807) is 13.0 Å². The molecule has 1 aliphatic carbocycles. The standard InChI is InChI=1S/C12H21NO2/c1-3-4-11(14)13-9-12(15)7-5-10(2)6-8-12/h3-4,10,15H,5-9H2,1-2H3,(H,13,14). The van der Waals surface area contributed by atoms with Crippen molar-refractivity contribution in [3.05, 3.63) is 12.2 Å². The van der Waals surface area contributed by atoms with E-state index in [-0.39, 0.29) is 5.91 Å². The van der Waals surface area contributed by atoms with Gasteiger partial charge in [0.2, 0.25) is 5.91 Å². The molecule has 0 aromatic heterocycles. The molecule has 0 saturated heterocycles. The molecule has 1 amide bonds. The summed E-state index contributed by atoms with van der Waals surface area (Å²) in [6.45, 7) is 4.39. The quantitative estimate of drug-likeness (QED) is 0.697. The van der Waals surface area contributed by atoms with Crippen molar-refractivity contribution in [3.8, 4) is 0 Å². The van der Waals surface area contributed by atoms with Gasteiger partial charge in [0.05, 0.1) is 5.60 Å². The van der Waals surface area contributed by atoms with E-state index in [0.717, 1.165) is 25.7 Å². The second kappa shape index (κ2) is 5.31. The first-order chi connectivity index (χ1) is 7.06. The maximum Gasteiger partial charge on any atom is 0.243 e. The van der Waals surface area contributed by atoms with Crippen molar-refractivity contribution >= 4 is 5.91 Å². The van der Waals surface area contributed by atoms with E-state index >= 15 is 0 Å². The lowest BCUT2D eigenvalue weighted by Crippen LogP contribution is -2.44. The first kappa shape index (κ1) is 12.2. The predicted octanol–water partition coefficient (Wildman–Crippen LogP) is 1.62. The molecule has 2 N–H and O–H groups in total. The Morgan fingerprint density at radius 2 is 2.13 bits per heavy atom. The van der Waals surface area contributed by atoms with E-state index in [1.807, 2.05) is 0 Å². The highest BCUT2D eigenvalue weighted by molar-refractivity contribution is 5.87. The van der Waals surface area contributed by atoms with Crippen LogP contribution < -0.4 is 5.32 Å². The molecule has 1 fully saturated rings. The number of nitrogens with one attached hydrogen (secondary N) is 1. The molecule has 1 aliphatic rings. The summed E-state index contributed by atoms with van der Waals surface area (Å²) >= 11 is 0. The lowest BCUT2D eigenvalue weighted by atomic mass is 9.79. The number of hydrogen-bond acceptors (Lipinski definition) is 2. The summed E-state index contributed by atoms with van der Waals surface area (Å²) in [7, 11) is 0. The molecule has 0 bridgehead atoms. The molecule has 3 nitrogen and oxygen atoms in total. The molecule has 0 aliphatic heterocycles. The Morgan fingerprint density at radius 3 is 2.67 bits per heavy atom. The number of amides is 1. The molecule has 3 heteroatoms. The van der Waals surface area contributed by atoms with Gasteiger partial charge < -0.3 is 10.4 Å². The second-order valence-corrected chi connectivity index (χ2v) is 4.62. The molecule has 1 rings (SSSR count). The summed E-state index contributed by atoms with van der Waals surface area (Å²) in [6, 6.07) is 0. The van der Waals surface area contributed by atoms with Gasteiger partial charge in [0.25, 0.3) is 0 Å². The lowest BCUT2D eigenvalue weighted by molar-refractivity contribution is -0.118. The number of carbonyl (C=O) groups is 1. The van der Waals surface area contributed by atoms with Crippen molar-refractivity contribution in [3.63, 3.8) is 0 Å². The van der Waals surface area contributed by atoms with Gasteiger partial charge in [-0.2, -0.15) is 0 Å². The van der Waals surface area contributed by atoms with Crippen molar-refractivity contribution in [1.82, 2.24) is 5.32 Å². The van der Waals surface area contributed by atoms with Crippen LogP contribution in [-0.2, 0) is 4.79 Å². The van der Waals surface area contributed by atoms with Gasteiger partial charge in [-0.25, -0.2) is 0 Å². The third kappa shape index (κ3) is 4.04. The van der Waals surface area contributed by atoms with Crippen LogP contribution in [0.3, 0.4) is 0 Å². The molecule has 15 heavy (non-hydrogen) atoms. The first-order valence-electron chi connectivity index (χ1n) is 5.69. The Bertz CT molecular complexity index is 240. The molecule has 1 saturated carbocycles. The van der Waals surface area contributed by atoms with E-state index in [0.29, 0.717) is 12.5 Å². The van der Waals surface area contributed by atoms with Gasteiger partial charge in [-0.1, -0.05) is 13.0 Å². The Kier molecular flexibility index (Phi) is 4.33. The van der Waals surface area contributed by atoms with Gasteiger partial charge in [-0.15, -0.1) is 0 Å². The molecule has 0 heterocycles. The molecule has 0 radical (unpaired) electrons. The minimum atomic E-state index is -0.677. The van der Waals surface area contributed by atoms with E-state index in [2.05, 4.69) is 12.2 Å². The fourth-order valence-electron chi connectivity index (χ4n) is 1.94. The highest BCUT2D eigenvalue weighted by Gasteiger charge is 2.31. The van der Waals surface area contributed by atoms with E-state index < -0.39 is 5.60 Å². The van der Waals surface area contributed by atoms with Gasteiger partial charge in [-0.3, -0.25) is 4.79 Å². The van der Waals surface area contributed by atoms with Gasteiger partial charge in [0.1, 0.15) is 0 Å². The lowest BCUT2D eigenvalue weighted by Gasteiger charge is -2.34. The Labute approximate surface area is 91.6 Å². The van der Waals surface area contributed by atoms with Crippen LogP contribution in [0, 0.1) is 5.92 Å². The van der Waals surface area contributed by atoms with Crippen LogP contribution in [0.15, 0.2) is 12.2 Å². The fraction of sp³-hybridized carbons (Fsp3) is 0.750. The Hall–Kier alpha value is -0.830. The zero-order valence-electron chi connectivity index (χ0n) is 9.62. The normalized spacial score (nSPS) is 31.8. The van der Waals surface area contributed by atoms with Crippen LogP contribution in [0.25, 0.3) is 0 Å². The largest absolute Gasteiger partial charge is 0.388 e. The van der Waals surface area contributed by atoms with Crippen molar-refractivity contribution in [2.24, 2.45) is 5.92 Å². The van der Waals surface area contributed by atoms with Gasteiger partial charge >= 0.3 is 0 Å². The fourth-order valence-corrected chi connectivity index (χ4v) is 1.94. The molecule has 86 valence electrons. The van der Waals surface area contributed by atoms with Crippen LogP contribution in [0.2, 0.25) is 0 Å². The van der Waals surface area contributed by atoms with Crippen molar-refractivity contribution in [2.45, 2.75) is 45.1 Å². The SMILES string of the molecule is CC=CC(=O)NCC1(O)CCC(C)CC1. The van der Waals surface area contributed by atoms with Gasteiger partial charge in [0, 0.05) is 6.54 Å². The zero-order chi connectivity index (χ0) is 11.3. The van der Waals surface area contributed by atoms with Gasteiger partial charge in [0.15, 0.2) is 0 Å². The molecule has 0 atom stereocenters. The maximum absolute atomic E-state index is 11.2. The molecule has 0 unspecified atom stereocenters. The topological polar surface area (TPSA) is 49.3 Å². The molecular weight excluding hydrogens is 190 g/mol. The minimum Gasteiger partial charge on any atom is -0.388 e. The monoisotopic (exact) mass is 211 g/mol. The van der Waals surface area contributed by atoms with Crippen molar-refractivity contribution in [2.75, 3.05) is 6.54 Å². The summed E-state index contributed by atoms with van der Waals surface area (Å²) in [5.74, 6) is 0.584. The molecular formula is C12H21NO2. The molecule has 0 spiro atoms. The van der Waals surface area contributed by atoms with E-state index in [4.69, 9.17) is 0 Å². The summed E-state index contributed by atoms with van der Waals surface area (Å²) in [6.07, 6.45) is 6.87. The average Bonchev–Trinajstić information content (AvgIpc) is 2.21. The summed E-state index contributed by atoms with van der Waals surface area (Å²) < 4.78 is 0. The third-order valence-electron chi connectivity index (χ3n) is 3.11. The second-order valence-electron chi connectivity index (χ2n) is 4.62. The average molecular weight is 211 g/mol. The maximum atomic E-state index is 11.2. The number of rotatable bonds is 3. The molecule has 0 aromatic carbocycles. The highest BCUT2D eigenvalue weighted by atomic mass is 16.3. The van der Waals surface area contributed by atoms with Gasteiger partial charge in [-0.05, 0) is 44.6 Å². The number of hydrogen-bond donors (Lipinski definition) is 2. The molecule has 0 aromatic rings. The van der Waals surface area contributed by atoms with Crippen molar-refractivity contribution < 1.29 is 9.90 Å². The third-order valence-corrected chi connectivity index (χ3v) is 3.11. The van der Waals surface area contributed by atoms with Crippen LogP contribution in [0.5, 0.6) is 0 Å². The van der Waals surface area contributed by atoms with E-state index in [9.17, 15) is 9.90 Å². The first-order valence-corrected chi connectivity index (χ1v) is 5.69. The van der Waals surface area contributed by atoms with Crippen LogP contribution in [-0.4, -0.2) is 23.2 Å². The predicted molar refractivity (Wildman–Crippen MR) is 60.4 cm³/mol. The van der Waals surface area contributed by atoms with Crippen LogP contribution in [0.4, 0.5) is 0 Å². The number of carbonyl (C=O) groups excluding carboxylic acids is 1. The summed E-state index contributed by atoms with van der Waals surface area (Å²) in [5.41, 5.74) is -0.677. The number of aliphatic hydroxyl groups is 1. The van der Waals surface area contributed by atoms with Crippen molar-refractivity contribution in [1.29, 1.82) is 0 Å². The van der Waals surface area contributed by atoms with Crippen LogP contribution in [0.1, 0.15) is 39.5 Å². The van der Waals surface area contributed by atoms with E-state index in [1.165, 1.54) is 6.08 Å². The Morgan fingerprint density at radius 1 is 1.53 bits per heavy atom.